The van der Waals surface area contributed by atoms with Crippen LogP contribution >= 0.6 is 0 Å². The number of hydrogen-bond donors (Lipinski definition) is 6. The molecule has 2 aliphatic rings. The van der Waals surface area contributed by atoms with E-state index in [1.807, 2.05) is 13.8 Å². The average Bonchev–Trinajstić information content (AvgIpc) is 3.49. The van der Waals surface area contributed by atoms with Gasteiger partial charge in [-0.2, -0.15) is 0 Å². The van der Waals surface area contributed by atoms with E-state index >= 15 is 0 Å². The number of carbonyl (C=O) groups excluding carboxylic acids is 6. The molecule has 0 spiro atoms. The van der Waals surface area contributed by atoms with Crippen molar-refractivity contribution in [1.82, 2.24) is 31.5 Å². The molecule has 6 atom stereocenters. The van der Waals surface area contributed by atoms with Gasteiger partial charge in [-0.15, -0.1) is 0 Å². The second-order valence-electron chi connectivity index (χ2n) is 13.1. The summed E-state index contributed by atoms with van der Waals surface area (Å²) in [6.45, 7) is 4.15. The third kappa shape index (κ3) is 9.65. The van der Waals surface area contributed by atoms with Crippen molar-refractivity contribution in [2.75, 3.05) is 19.4 Å². The third-order valence-corrected chi connectivity index (χ3v) is 9.71. The first kappa shape index (κ1) is 38.0. The largest absolute Gasteiger partial charge is 0.394 e. The van der Waals surface area contributed by atoms with E-state index in [4.69, 9.17) is 0 Å². The van der Waals surface area contributed by atoms with Crippen LogP contribution in [0, 0.1) is 5.92 Å². The minimum atomic E-state index is -3.49. The maximum atomic E-state index is 13.8. The summed E-state index contributed by atoms with van der Waals surface area (Å²) in [6.07, 6.45) is 0.955. The van der Waals surface area contributed by atoms with E-state index in [1.54, 1.807) is 30.3 Å². The zero-order valence-electron chi connectivity index (χ0n) is 28.3. The van der Waals surface area contributed by atoms with Crippen molar-refractivity contribution in [3.05, 3.63) is 65.7 Å². The molecule has 2 aromatic carbocycles. The van der Waals surface area contributed by atoms with E-state index in [2.05, 4.69) is 26.6 Å². The maximum absolute atomic E-state index is 13.8. The van der Waals surface area contributed by atoms with Crippen molar-refractivity contribution in [2.24, 2.45) is 5.92 Å². The Balaban J connectivity index is 1.64. The number of carbonyl (C=O) groups is 6. The Labute approximate surface area is 290 Å². The van der Waals surface area contributed by atoms with Crippen molar-refractivity contribution in [1.29, 1.82) is 0 Å². The fourth-order valence-corrected chi connectivity index (χ4v) is 6.59. The number of fused-ring (bicyclic) bond motifs is 1. The van der Waals surface area contributed by atoms with Gasteiger partial charge in [0.1, 0.15) is 24.2 Å². The molecule has 0 bridgehead atoms. The van der Waals surface area contributed by atoms with E-state index in [0.29, 0.717) is 5.56 Å². The molecule has 0 aromatic heterocycles. The van der Waals surface area contributed by atoms with Crippen molar-refractivity contribution in [2.45, 2.75) is 81.2 Å². The van der Waals surface area contributed by atoms with E-state index in [1.165, 1.54) is 31.2 Å². The van der Waals surface area contributed by atoms with Crippen LogP contribution in [0.25, 0.3) is 0 Å². The molecule has 6 amide bonds. The first-order valence-electron chi connectivity index (χ1n) is 16.3. The molecule has 2 heterocycles. The fraction of sp³-hybridized carbons (Fsp3) is 0.471. The van der Waals surface area contributed by atoms with Gasteiger partial charge >= 0.3 is 0 Å². The summed E-state index contributed by atoms with van der Waals surface area (Å²) >= 11 is 0. The summed E-state index contributed by atoms with van der Waals surface area (Å²) in [6, 6.07) is 7.56. The summed E-state index contributed by atoms with van der Waals surface area (Å²) in [5, 5.41) is 23.7. The van der Waals surface area contributed by atoms with Gasteiger partial charge in [-0.25, -0.2) is 8.42 Å². The molecular formula is C34H44N6O9S. The molecular weight excluding hydrogens is 668 g/mol. The molecule has 270 valence electrons. The molecule has 0 unspecified atom stereocenters. The molecule has 0 saturated carbocycles. The van der Waals surface area contributed by atoms with Gasteiger partial charge in [0.05, 0.1) is 24.0 Å². The Morgan fingerprint density at radius 1 is 0.900 bits per heavy atom. The molecule has 4 rings (SSSR count). The first-order valence-corrected chi connectivity index (χ1v) is 18.2. The van der Waals surface area contributed by atoms with Crippen LogP contribution in [0.15, 0.2) is 59.5 Å². The molecule has 50 heavy (non-hydrogen) atoms. The van der Waals surface area contributed by atoms with Crippen molar-refractivity contribution < 1.29 is 42.3 Å². The normalized spacial score (nSPS) is 25.6. The van der Waals surface area contributed by atoms with E-state index < -0.39 is 88.1 Å². The molecule has 15 nitrogen and oxygen atoms in total. The highest BCUT2D eigenvalue weighted by atomic mass is 32.2. The fourth-order valence-electron chi connectivity index (χ4n) is 5.96. The lowest BCUT2D eigenvalue weighted by atomic mass is 10.00. The van der Waals surface area contributed by atoms with Crippen LogP contribution in [0.1, 0.15) is 62.0 Å². The Bertz CT molecular complexity index is 1700. The van der Waals surface area contributed by atoms with Crippen molar-refractivity contribution in [3.8, 4) is 0 Å². The maximum Gasteiger partial charge on any atom is 0.251 e. The number of benzene rings is 2. The van der Waals surface area contributed by atoms with Gasteiger partial charge in [-0.1, -0.05) is 44.2 Å². The first-order chi connectivity index (χ1) is 23.6. The van der Waals surface area contributed by atoms with Gasteiger partial charge in [0.2, 0.25) is 29.5 Å². The lowest BCUT2D eigenvalue weighted by molar-refractivity contribution is -0.143. The molecule has 16 heteroatoms. The number of aliphatic hydroxyl groups excluding tert-OH is 1. The minimum absolute atomic E-state index is 0.0272. The number of amides is 6. The van der Waals surface area contributed by atoms with Gasteiger partial charge in [0, 0.05) is 24.4 Å². The predicted octanol–water partition coefficient (Wildman–Crippen LogP) is -0.437. The van der Waals surface area contributed by atoms with Gasteiger partial charge in [-0.05, 0) is 55.5 Å². The van der Waals surface area contributed by atoms with E-state index in [-0.39, 0.29) is 42.2 Å². The van der Waals surface area contributed by atoms with E-state index in [0.717, 1.165) is 11.2 Å². The van der Waals surface area contributed by atoms with Crippen LogP contribution < -0.4 is 26.6 Å². The Hall–Kier alpha value is -4.83. The summed E-state index contributed by atoms with van der Waals surface area (Å²) in [5.41, 5.74) is 0.767. The van der Waals surface area contributed by atoms with Crippen LogP contribution in [0.4, 0.5) is 0 Å². The average molecular weight is 713 g/mol. The van der Waals surface area contributed by atoms with Crippen LogP contribution in [0.3, 0.4) is 0 Å². The quantitative estimate of drug-likeness (QED) is 0.219. The van der Waals surface area contributed by atoms with Gasteiger partial charge in [0.15, 0.2) is 9.84 Å². The molecule has 2 aromatic rings. The van der Waals surface area contributed by atoms with Crippen LogP contribution in [0.5, 0.6) is 0 Å². The lowest BCUT2D eigenvalue weighted by Crippen LogP contribution is -2.59. The Kier molecular flexibility index (Phi) is 12.3. The summed E-state index contributed by atoms with van der Waals surface area (Å²) in [5.74, 6) is -4.02. The molecule has 0 radical (unpaired) electrons. The van der Waals surface area contributed by atoms with Gasteiger partial charge in [-0.3, -0.25) is 28.8 Å². The highest BCUT2D eigenvalue weighted by molar-refractivity contribution is 7.90. The van der Waals surface area contributed by atoms with Gasteiger partial charge in [0.25, 0.3) is 5.91 Å². The zero-order chi connectivity index (χ0) is 36.7. The second kappa shape index (κ2) is 16.3. The summed E-state index contributed by atoms with van der Waals surface area (Å²) < 4.78 is 23.7. The SMILES string of the molecule is CC(C)C[C@@H]1NC(=O)C[C@H](c2ccccc2)NC(=O)[C@H](C)NC(=O)[C@@H]2C[C@H](NC(=O)c3ccc(S(C)(=O)=O)cc3)CN2C(=O)[C@@H](CO)NC1=O. The zero-order valence-corrected chi connectivity index (χ0v) is 29.2. The number of aliphatic hydroxyl groups is 1. The monoisotopic (exact) mass is 712 g/mol. The number of sulfone groups is 1. The topological polar surface area (TPSA) is 220 Å². The highest BCUT2D eigenvalue weighted by Crippen LogP contribution is 2.22. The molecule has 2 fully saturated rings. The molecule has 2 saturated heterocycles. The van der Waals surface area contributed by atoms with E-state index in [9.17, 15) is 42.3 Å². The van der Waals surface area contributed by atoms with Crippen molar-refractivity contribution in [3.63, 3.8) is 0 Å². The number of nitrogens with zero attached hydrogens (tertiary/aromatic N) is 1. The minimum Gasteiger partial charge on any atom is -0.394 e. The van der Waals surface area contributed by atoms with Crippen LogP contribution in [-0.4, -0.2) is 103 Å². The number of hydrogen-bond acceptors (Lipinski definition) is 9. The van der Waals surface area contributed by atoms with Crippen LogP contribution in [-0.2, 0) is 33.8 Å². The molecule has 0 aliphatic carbocycles. The van der Waals surface area contributed by atoms with Gasteiger partial charge < -0.3 is 36.6 Å². The third-order valence-electron chi connectivity index (χ3n) is 8.58. The molecule has 2 aliphatic heterocycles. The lowest BCUT2D eigenvalue weighted by Gasteiger charge is -2.30. The predicted molar refractivity (Wildman–Crippen MR) is 181 cm³/mol. The smallest absolute Gasteiger partial charge is 0.251 e. The second-order valence-corrected chi connectivity index (χ2v) is 15.1. The van der Waals surface area contributed by atoms with Crippen LogP contribution in [0.2, 0.25) is 0 Å². The molecule has 6 N–H and O–H groups in total. The standard InChI is InChI=1S/C34H44N6O9S/c1-19(2)14-26-32(45)39-27(18-41)34(47)40-17-23(36-31(44)22-10-12-24(13-11-22)50(4,48)49)15-28(40)33(46)35-20(3)30(43)38-25(16-29(42)37-26)21-8-6-5-7-9-21/h5-13,19-20,23,25-28,41H,14-18H2,1-4H3,(H,35,46)(H,36,44)(H,37,42)(H,38,43)(H,39,45)/t20-,23-,25+,26-,27+,28-/m0/s1. The Morgan fingerprint density at radius 2 is 1.56 bits per heavy atom. The number of rotatable bonds is 7. The summed E-state index contributed by atoms with van der Waals surface area (Å²) in [7, 11) is -3.49. The summed E-state index contributed by atoms with van der Waals surface area (Å²) in [4.78, 5) is 82.0. The highest BCUT2D eigenvalue weighted by Gasteiger charge is 2.43. The number of nitrogens with one attached hydrogen (secondary N) is 5. The Morgan fingerprint density at radius 3 is 2.16 bits per heavy atom. The van der Waals surface area contributed by atoms with Crippen molar-refractivity contribution >= 4 is 45.3 Å².